The summed E-state index contributed by atoms with van der Waals surface area (Å²) in [7, 11) is 0. The SMILES string of the molecule is NCC(Cc1ccc(C(F)F)cc1)C(N)=O. The fraction of sp³-hybridized carbons (Fsp3) is 0.364. The van der Waals surface area contributed by atoms with Gasteiger partial charge >= 0.3 is 0 Å². The van der Waals surface area contributed by atoms with Crippen molar-refractivity contribution in [3.8, 4) is 0 Å². The first-order chi connectivity index (χ1) is 7.54. The number of carbonyl (C=O) groups is 1. The Morgan fingerprint density at radius 1 is 1.25 bits per heavy atom. The zero-order valence-electron chi connectivity index (χ0n) is 8.70. The van der Waals surface area contributed by atoms with Crippen LogP contribution < -0.4 is 11.5 Å². The maximum atomic E-state index is 12.3. The van der Waals surface area contributed by atoms with Crippen LogP contribution in [0.4, 0.5) is 8.78 Å². The van der Waals surface area contributed by atoms with Crippen molar-refractivity contribution in [2.75, 3.05) is 6.54 Å². The monoisotopic (exact) mass is 228 g/mol. The Morgan fingerprint density at radius 2 is 1.81 bits per heavy atom. The van der Waals surface area contributed by atoms with Crippen molar-refractivity contribution in [1.82, 2.24) is 0 Å². The second kappa shape index (κ2) is 5.55. The normalized spacial score (nSPS) is 12.8. The van der Waals surface area contributed by atoms with Gasteiger partial charge in [0.25, 0.3) is 6.43 Å². The molecule has 0 aromatic heterocycles. The van der Waals surface area contributed by atoms with Crippen molar-refractivity contribution in [2.45, 2.75) is 12.8 Å². The van der Waals surface area contributed by atoms with E-state index in [1.54, 1.807) is 12.1 Å². The van der Waals surface area contributed by atoms with Gasteiger partial charge in [0.2, 0.25) is 5.91 Å². The molecule has 3 nitrogen and oxygen atoms in total. The lowest BCUT2D eigenvalue weighted by atomic mass is 9.98. The van der Waals surface area contributed by atoms with Crippen LogP contribution in [0, 0.1) is 5.92 Å². The van der Waals surface area contributed by atoms with E-state index in [1.807, 2.05) is 0 Å². The van der Waals surface area contributed by atoms with Gasteiger partial charge in [-0.3, -0.25) is 4.79 Å². The van der Waals surface area contributed by atoms with Crippen LogP contribution in [0.25, 0.3) is 0 Å². The summed E-state index contributed by atoms with van der Waals surface area (Å²) in [6, 6.07) is 5.81. The third-order valence-corrected chi connectivity index (χ3v) is 2.40. The van der Waals surface area contributed by atoms with E-state index in [0.29, 0.717) is 6.42 Å². The average Bonchev–Trinajstić information content (AvgIpc) is 2.26. The molecule has 1 atom stereocenters. The number of hydrogen-bond acceptors (Lipinski definition) is 2. The summed E-state index contributed by atoms with van der Waals surface area (Å²) in [5, 5.41) is 0. The molecule has 88 valence electrons. The van der Waals surface area contributed by atoms with E-state index in [4.69, 9.17) is 11.5 Å². The Hall–Kier alpha value is -1.49. The van der Waals surface area contributed by atoms with Crippen molar-refractivity contribution in [3.63, 3.8) is 0 Å². The quantitative estimate of drug-likeness (QED) is 0.795. The van der Waals surface area contributed by atoms with E-state index in [-0.39, 0.29) is 12.1 Å². The summed E-state index contributed by atoms with van der Waals surface area (Å²) < 4.78 is 24.5. The molecule has 0 fully saturated rings. The standard InChI is InChI=1S/C11H14F2N2O/c12-10(13)8-3-1-7(2-4-8)5-9(6-14)11(15)16/h1-4,9-10H,5-6,14H2,(H2,15,16). The lowest BCUT2D eigenvalue weighted by Gasteiger charge is -2.10. The summed E-state index contributed by atoms with van der Waals surface area (Å²) in [5.74, 6) is -0.919. The number of hydrogen-bond donors (Lipinski definition) is 2. The predicted molar refractivity (Wildman–Crippen MR) is 56.8 cm³/mol. The highest BCUT2D eigenvalue weighted by Crippen LogP contribution is 2.19. The predicted octanol–water partition coefficient (Wildman–Crippen LogP) is 1.23. The number of primary amides is 1. The maximum Gasteiger partial charge on any atom is 0.263 e. The van der Waals surface area contributed by atoms with Gasteiger partial charge in [0.05, 0.1) is 5.92 Å². The fourth-order valence-corrected chi connectivity index (χ4v) is 1.38. The van der Waals surface area contributed by atoms with Gasteiger partial charge in [-0.25, -0.2) is 8.78 Å². The highest BCUT2D eigenvalue weighted by Gasteiger charge is 2.14. The number of nitrogens with two attached hydrogens (primary N) is 2. The topological polar surface area (TPSA) is 69.1 Å². The molecule has 1 amide bonds. The molecule has 1 aromatic carbocycles. The molecule has 16 heavy (non-hydrogen) atoms. The van der Waals surface area contributed by atoms with E-state index in [0.717, 1.165) is 5.56 Å². The number of alkyl halides is 2. The van der Waals surface area contributed by atoms with Crippen molar-refractivity contribution in [3.05, 3.63) is 35.4 Å². The van der Waals surface area contributed by atoms with Crippen LogP contribution in [0.3, 0.4) is 0 Å². The Labute approximate surface area is 92.4 Å². The third-order valence-electron chi connectivity index (χ3n) is 2.40. The maximum absolute atomic E-state index is 12.3. The zero-order valence-corrected chi connectivity index (χ0v) is 8.70. The Kier molecular flexibility index (Phi) is 4.37. The summed E-state index contributed by atoms with van der Waals surface area (Å²) in [5.41, 5.74) is 11.3. The molecule has 0 bridgehead atoms. The highest BCUT2D eigenvalue weighted by atomic mass is 19.3. The smallest absolute Gasteiger partial charge is 0.263 e. The van der Waals surface area contributed by atoms with Gasteiger partial charge in [0.1, 0.15) is 0 Å². The van der Waals surface area contributed by atoms with E-state index in [1.165, 1.54) is 12.1 Å². The van der Waals surface area contributed by atoms with Crippen molar-refractivity contribution >= 4 is 5.91 Å². The zero-order chi connectivity index (χ0) is 12.1. The Bertz CT molecular complexity index is 352. The third kappa shape index (κ3) is 3.27. The lowest BCUT2D eigenvalue weighted by molar-refractivity contribution is -0.121. The summed E-state index contributed by atoms with van der Waals surface area (Å²) in [6.07, 6.45) is -2.09. The summed E-state index contributed by atoms with van der Waals surface area (Å²) >= 11 is 0. The molecular formula is C11H14F2N2O. The molecule has 1 rings (SSSR count). The molecule has 1 aromatic rings. The van der Waals surface area contributed by atoms with Crippen LogP contribution >= 0.6 is 0 Å². The van der Waals surface area contributed by atoms with Crippen LogP contribution in [0.15, 0.2) is 24.3 Å². The van der Waals surface area contributed by atoms with Gasteiger partial charge in [-0.2, -0.15) is 0 Å². The second-order valence-electron chi connectivity index (χ2n) is 3.58. The summed E-state index contributed by atoms with van der Waals surface area (Å²) in [4.78, 5) is 10.9. The molecule has 0 saturated carbocycles. The molecular weight excluding hydrogens is 214 g/mol. The van der Waals surface area contributed by atoms with Crippen LogP contribution in [0.2, 0.25) is 0 Å². The minimum Gasteiger partial charge on any atom is -0.369 e. The molecule has 5 heteroatoms. The van der Waals surface area contributed by atoms with Gasteiger partial charge in [-0.15, -0.1) is 0 Å². The van der Waals surface area contributed by atoms with E-state index < -0.39 is 18.3 Å². The van der Waals surface area contributed by atoms with E-state index >= 15 is 0 Å². The number of benzene rings is 1. The molecule has 1 unspecified atom stereocenters. The number of rotatable bonds is 5. The fourth-order valence-electron chi connectivity index (χ4n) is 1.38. The molecule has 0 aliphatic rings. The largest absolute Gasteiger partial charge is 0.369 e. The first-order valence-electron chi connectivity index (χ1n) is 4.91. The molecule has 4 N–H and O–H groups in total. The first-order valence-corrected chi connectivity index (χ1v) is 4.91. The van der Waals surface area contributed by atoms with Crippen molar-refractivity contribution in [1.29, 1.82) is 0 Å². The molecule has 0 radical (unpaired) electrons. The highest BCUT2D eigenvalue weighted by molar-refractivity contribution is 5.77. The van der Waals surface area contributed by atoms with E-state index in [2.05, 4.69) is 0 Å². The molecule has 0 heterocycles. The Morgan fingerprint density at radius 3 is 2.19 bits per heavy atom. The van der Waals surface area contributed by atoms with Gasteiger partial charge in [0.15, 0.2) is 0 Å². The molecule has 0 aliphatic carbocycles. The Balaban J connectivity index is 2.71. The summed E-state index contributed by atoms with van der Waals surface area (Å²) in [6.45, 7) is 0.159. The van der Waals surface area contributed by atoms with Crippen LogP contribution in [-0.4, -0.2) is 12.5 Å². The second-order valence-corrected chi connectivity index (χ2v) is 3.58. The van der Waals surface area contributed by atoms with Crippen LogP contribution in [0.5, 0.6) is 0 Å². The van der Waals surface area contributed by atoms with Gasteiger partial charge in [0, 0.05) is 12.1 Å². The first kappa shape index (κ1) is 12.6. The minimum absolute atomic E-state index is 0.0351. The molecule has 0 spiro atoms. The van der Waals surface area contributed by atoms with Gasteiger partial charge in [-0.1, -0.05) is 24.3 Å². The molecule has 0 aliphatic heterocycles. The van der Waals surface area contributed by atoms with Crippen LogP contribution in [-0.2, 0) is 11.2 Å². The van der Waals surface area contributed by atoms with Crippen LogP contribution in [0.1, 0.15) is 17.6 Å². The van der Waals surface area contributed by atoms with Crippen molar-refractivity contribution in [2.24, 2.45) is 17.4 Å². The van der Waals surface area contributed by atoms with Gasteiger partial charge < -0.3 is 11.5 Å². The van der Waals surface area contributed by atoms with E-state index in [9.17, 15) is 13.6 Å². The molecule has 0 saturated heterocycles. The minimum atomic E-state index is -2.48. The number of halogens is 2. The number of amides is 1. The lowest BCUT2D eigenvalue weighted by Crippen LogP contribution is -2.31. The van der Waals surface area contributed by atoms with Gasteiger partial charge in [-0.05, 0) is 12.0 Å². The average molecular weight is 228 g/mol. The van der Waals surface area contributed by atoms with Crippen molar-refractivity contribution < 1.29 is 13.6 Å². The number of carbonyl (C=O) groups excluding carboxylic acids is 1.